The van der Waals surface area contributed by atoms with Crippen molar-refractivity contribution in [2.75, 3.05) is 13.7 Å². The zero-order chi connectivity index (χ0) is 12.5. The normalized spacial score (nSPS) is 23.1. The van der Waals surface area contributed by atoms with Gasteiger partial charge < -0.3 is 9.47 Å². The van der Waals surface area contributed by atoms with E-state index in [4.69, 9.17) is 21.1 Å². The number of Topliss-reactive ketones (excluding diaryl/α,β-unsaturated/α-hetero) is 1. The molecule has 0 saturated carbocycles. The van der Waals surface area contributed by atoms with Crippen molar-refractivity contribution in [2.24, 2.45) is 0 Å². The van der Waals surface area contributed by atoms with Gasteiger partial charge in [-0.25, -0.2) is 0 Å². The Bertz CT molecular complexity index is 444. The summed E-state index contributed by atoms with van der Waals surface area (Å²) in [6.45, 7) is 2.41. The highest BCUT2D eigenvalue weighted by molar-refractivity contribution is 6.31. The Kier molecular flexibility index (Phi) is 3.40. The largest absolute Gasteiger partial charge is 0.484 e. The Morgan fingerprint density at radius 3 is 2.94 bits per heavy atom. The number of ketones is 1. The van der Waals surface area contributed by atoms with E-state index in [9.17, 15) is 4.79 Å². The van der Waals surface area contributed by atoms with E-state index >= 15 is 0 Å². The van der Waals surface area contributed by atoms with Crippen LogP contribution in [0.5, 0.6) is 5.75 Å². The Hall–Kier alpha value is -1.06. The first-order valence-corrected chi connectivity index (χ1v) is 5.99. The van der Waals surface area contributed by atoms with Crippen LogP contribution in [0.2, 0.25) is 5.02 Å². The van der Waals surface area contributed by atoms with Gasteiger partial charge in [0.25, 0.3) is 0 Å². The number of hydrogen-bond acceptors (Lipinski definition) is 3. The molecular formula is C13H15ClO3. The van der Waals surface area contributed by atoms with Crippen LogP contribution in [0.15, 0.2) is 18.2 Å². The highest BCUT2D eigenvalue weighted by Gasteiger charge is 2.39. The summed E-state index contributed by atoms with van der Waals surface area (Å²) in [5.41, 5.74) is 0.0322. The lowest BCUT2D eigenvalue weighted by atomic mass is 9.88. The van der Waals surface area contributed by atoms with Gasteiger partial charge in [-0.1, -0.05) is 18.5 Å². The standard InChI is InChI=1S/C13H15ClO3/c1-3-13(8-16-2)7-11(15)10-6-9(14)4-5-12(10)17-13/h4-6H,3,7-8H2,1-2H3. The lowest BCUT2D eigenvalue weighted by Gasteiger charge is -2.36. The van der Waals surface area contributed by atoms with Gasteiger partial charge in [-0.05, 0) is 24.6 Å². The third-order valence-corrected chi connectivity index (χ3v) is 3.34. The fourth-order valence-corrected chi connectivity index (χ4v) is 2.28. The number of methoxy groups -OCH3 is 1. The van der Waals surface area contributed by atoms with Gasteiger partial charge in [0.1, 0.15) is 11.4 Å². The second-order valence-electron chi connectivity index (χ2n) is 4.31. The third kappa shape index (κ3) is 2.31. The van der Waals surface area contributed by atoms with Gasteiger partial charge in [0.15, 0.2) is 5.78 Å². The maximum atomic E-state index is 12.1. The summed E-state index contributed by atoms with van der Waals surface area (Å²) in [5.74, 6) is 0.664. The van der Waals surface area contributed by atoms with E-state index in [-0.39, 0.29) is 5.78 Å². The van der Waals surface area contributed by atoms with Crippen LogP contribution in [0.25, 0.3) is 0 Å². The van der Waals surface area contributed by atoms with Crippen LogP contribution >= 0.6 is 11.6 Å². The summed E-state index contributed by atoms with van der Waals surface area (Å²) in [6, 6.07) is 5.13. The number of carbonyl (C=O) groups is 1. The predicted molar refractivity (Wildman–Crippen MR) is 65.9 cm³/mol. The topological polar surface area (TPSA) is 35.5 Å². The second kappa shape index (κ2) is 4.67. The van der Waals surface area contributed by atoms with Crippen molar-refractivity contribution < 1.29 is 14.3 Å². The Balaban J connectivity index is 2.38. The van der Waals surface area contributed by atoms with E-state index in [1.54, 1.807) is 25.3 Å². The summed E-state index contributed by atoms with van der Waals surface area (Å²) in [6.07, 6.45) is 1.07. The highest BCUT2D eigenvalue weighted by atomic mass is 35.5. The number of halogens is 1. The van der Waals surface area contributed by atoms with Gasteiger partial charge in [0.2, 0.25) is 0 Å². The predicted octanol–water partition coefficient (Wildman–Crippen LogP) is 3.10. The highest BCUT2D eigenvalue weighted by Crippen LogP contribution is 2.36. The van der Waals surface area contributed by atoms with Gasteiger partial charge in [0, 0.05) is 12.1 Å². The third-order valence-electron chi connectivity index (χ3n) is 3.10. The molecule has 0 amide bonds. The zero-order valence-corrected chi connectivity index (χ0v) is 10.7. The summed E-state index contributed by atoms with van der Waals surface area (Å²) < 4.78 is 11.1. The summed E-state index contributed by atoms with van der Waals surface area (Å²) in [5, 5.41) is 0.552. The van der Waals surface area contributed by atoms with Crippen LogP contribution in [0.1, 0.15) is 30.1 Å². The molecule has 0 N–H and O–H groups in total. The first kappa shape index (κ1) is 12.4. The number of hydrogen-bond donors (Lipinski definition) is 0. The number of carbonyl (C=O) groups excluding carboxylic acids is 1. The number of benzene rings is 1. The number of ether oxygens (including phenoxy) is 2. The van der Waals surface area contributed by atoms with Crippen LogP contribution in [0.3, 0.4) is 0 Å². The van der Waals surface area contributed by atoms with E-state index in [0.717, 1.165) is 6.42 Å². The molecular weight excluding hydrogens is 240 g/mol. The maximum Gasteiger partial charge on any atom is 0.170 e. The fraction of sp³-hybridized carbons (Fsp3) is 0.462. The maximum absolute atomic E-state index is 12.1. The summed E-state index contributed by atoms with van der Waals surface area (Å²) in [4.78, 5) is 12.1. The molecule has 0 spiro atoms. The van der Waals surface area contributed by atoms with Crippen molar-refractivity contribution in [1.29, 1.82) is 0 Å². The van der Waals surface area contributed by atoms with Crippen LogP contribution < -0.4 is 4.74 Å². The van der Waals surface area contributed by atoms with Crippen LogP contribution in [0, 0.1) is 0 Å². The molecule has 4 heteroatoms. The van der Waals surface area contributed by atoms with Gasteiger partial charge in [-0.3, -0.25) is 4.79 Å². The Labute approximate surface area is 106 Å². The van der Waals surface area contributed by atoms with Gasteiger partial charge >= 0.3 is 0 Å². The minimum atomic E-state index is -0.535. The lowest BCUT2D eigenvalue weighted by molar-refractivity contribution is -0.0211. The molecule has 2 rings (SSSR count). The lowest BCUT2D eigenvalue weighted by Crippen LogP contribution is -2.45. The second-order valence-corrected chi connectivity index (χ2v) is 4.75. The average Bonchev–Trinajstić information content (AvgIpc) is 2.31. The minimum Gasteiger partial charge on any atom is -0.484 e. The number of rotatable bonds is 3. The molecule has 1 heterocycles. The van der Waals surface area contributed by atoms with E-state index in [1.165, 1.54) is 0 Å². The molecule has 0 saturated heterocycles. The molecule has 1 unspecified atom stereocenters. The van der Waals surface area contributed by atoms with Crippen molar-refractivity contribution in [3.8, 4) is 5.75 Å². The van der Waals surface area contributed by atoms with Crippen LogP contribution in [-0.4, -0.2) is 25.1 Å². The molecule has 0 aromatic heterocycles. The van der Waals surface area contributed by atoms with Crippen molar-refractivity contribution in [3.63, 3.8) is 0 Å². The van der Waals surface area contributed by atoms with E-state index in [1.807, 2.05) is 6.92 Å². The van der Waals surface area contributed by atoms with Gasteiger partial charge in [-0.15, -0.1) is 0 Å². The van der Waals surface area contributed by atoms with Crippen molar-refractivity contribution >= 4 is 17.4 Å². The molecule has 1 aliphatic heterocycles. The van der Waals surface area contributed by atoms with E-state index in [0.29, 0.717) is 29.4 Å². The molecule has 3 nitrogen and oxygen atoms in total. The number of fused-ring (bicyclic) bond motifs is 1. The molecule has 0 aliphatic carbocycles. The first-order chi connectivity index (χ1) is 8.10. The monoisotopic (exact) mass is 254 g/mol. The smallest absolute Gasteiger partial charge is 0.170 e. The molecule has 0 fully saturated rings. The summed E-state index contributed by atoms with van der Waals surface area (Å²) in [7, 11) is 1.61. The molecule has 17 heavy (non-hydrogen) atoms. The molecule has 0 bridgehead atoms. The van der Waals surface area contributed by atoms with Gasteiger partial charge in [0.05, 0.1) is 18.6 Å². The molecule has 0 radical (unpaired) electrons. The zero-order valence-electron chi connectivity index (χ0n) is 9.96. The van der Waals surface area contributed by atoms with Crippen molar-refractivity contribution in [3.05, 3.63) is 28.8 Å². The van der Waals surface area contributed by atoms with Crippen molar-refractivity contribution in [2.45, 2.75) is 25.4 Å². The fourth-order valence-electron chi connectivity index (χ4n) is 2.11. The molecule has 92 valence electrons. The molecule has 1 aromatic carbocycles. The van der Waals surface area contributed by atoms with E-state index < -0.39 is 5.60 Å². The molecule has 1 aliphatic rings. The van der Waals surface area contributed by atoms with Crippen LogP contribution in [-0.2, 0) is 4.74 Å². The first-order valence-electron chi connectivity index (χ1n) is 5.61. The Morgan fingerprint density at radius 1 is 1.53 bits per heavy atom. The van der Waals surface area contributed by atoms with Crippen LogP contribution in [0.4, 0.5) is 0 Å². The molecule has 1 aromatic rings. The minimum absolute atomic E-state index is 0.0626. The van der Waals surface area contributed by atoms with Gasteiger partial charge in [-0.2, -0.15) is 0 Å². The van der Waals surface area contributed by atoms with E-state index in [2.05, 4.69) is 0 Å². The summed E-state index contributed by atoms with van der Waals surface area (Å²) >= 11 is 5.88. The van der Waals surface area contributed by atoms with Crippen molar-refractivity contribution in [1.82, 2.24) is 0 Å². The SMILES string of the molecule is CCC1(COC)CC(=O)c2cc(Cl)ccc2O1. The quantitative estimate of drug-likeness (QED) is 0.832. The molecule has 1 atom stereocenters. The average molecular weight is 255 g/mol. The Morgan fingerprint density at radius 2 is 2.29 bits per heavy atom.